The summed E-state index contributed by atoms with van der Waals surface area (Å²) in [5, 5.41) is 2.26. The van der Waals surface area contributed by atoms with Gasteiger partial charge in [-0.15, -0.1) is 0 Å². The van der Waals surface area contributed by atoms with Crippen LogP contribution in [0.25, 0.3) is 0 Å². The normalized spacial score (nSPS) is 18.1. The van der Waals surface area contributed by atoms with Crippen LogP contribution < -0.4 is 5.32 Å². The minimum absolute atomic E-state index is 0.00304. The first-order valence-electron chi connectivity index (χ1n) is 9.57. The zero-order valence-corrected chi connectivity index (χ0v) is 16.6. The van der Waals surface area contributed by atoms with Crippen LogP contribution in [0.4, 0.5) is 14.5 Å². The van der Waals surface area contributed by atoms with Crippen molar-refractivity contribution in [2.45, 2.75) is 32.4 Å². The van der Waals surface area contributed by atoms with Gasteiger partial charge in [0.25, 0.3) is 5.91 Å². The molecule has 0 radical (unpaired) electrons. The van der Waals surface area contributed by atoms with E-state index in [2.05, 4.69) is 5.32 Å². The summed E-state index contributed by atoms with van der Waals surface area (Å²) < 4.78 is 31.8. The first kappa shape index (κ1) is 21.4. The maximum absolute atomic E-state index is 13.7. The van der Waals surface area contributed by atoms with E-state index in [0.29, 0.717) is 6.07 Å². The summed E-state index contributed by atoms with van der Waals surface area (Å²) in [6, 6.07) is 12.0. The van der Waals surface area contributed by atoms with Crippen molar-refractivity contribution in [2.75, 3.05) is 11.9 Å². The highest BCUT2D eigenvalue weighted by atomic mass is 19.1. The summed E-state index contributed by atoms with van der Waals surface area (Å²) in [5.74, 6) is -4.00. The van der Waals surface area contributed by atoms with Crippen molar-refractivity contribution in [3.8, 4) is 0 Å². The number of hydrogen-bond donors (Lipinski definition) is 1. The quantitative estimate of drug-likeness (QED) is 0.732. The molecule has 0 aromatic heterocycles. The number of nitrogens with zero attached hydrogens (tertiary/aromatic N) is 1. The number of esters is 1. The Morgan fingerprint density at radius 2 is 1.83 bits per heavy atom. The van der Waals surface area contributed by atoms with Gasteiger partial charge in [0.1, 0.15) is 11.6 Å². The van der Waals surface area contributed by atoms with E-state index in [9.17, 15) is 23.2 Å². The molecule has 30 heavy (non-hydrogen) atoms. The van der Waals surface area contributed by atoms with Gasteiger partial charge >= 0.3 is 5.97 Å². The molecule has 1 aliphatic rings. The third kappa shape index (κ3) is 4.82. The Kier molecular flexibility index (Phi) is 6.44. The second-order valence-corrected chi connectivity index (χ2v) is 7.23. The molecular weight excluding hydrogens is 394 g/mol. The molecule has 3 atom stereocenters. The molecule has 1 saturated heterocycles. The van der Waals surface area contributed by atoms with E-state index in [1.165, 1.54) is 6.92 Å². The number of nitrogens with one attached hydrogen (secondary N) is 1. The zero-order chi connectivity index (χ0) is 21.8. The van der Waals surface area contributed by atoms with Crippen molar-refractivity contribution >= 4 is 23.5 Å². The molecule has 8 heteroatoms. The van der Waals surface area contributed by atoms with Gasteiger partial charge in [0, 0.05) is 19.0 Å². The van der Waals surface area contributed by atoms with Gasteiger partial charge in [-0.3, -0.25) is 14.4 Å². The molecule has 1 fully saturated rings. The summed E-state index contributed by atoms with van der Waals surface area (Å²) in [6.07, 6.45) is -1.21. The lowest BCUT2D eigenvalue weighted by molar-refractivity contribution is -0.157. The third-order valence-corrected chi connectivity index (χ3v) is 5.09. The van der Waals surface area contributed by atoms with Crippen LogP contribution in [0.2, 0.25) is 0 Å². The van der Waals surface area contributed by atoms with Crippen LogP contribution in [0.1, 0.15) is 31.9 Å². The van der Waals surface area contributed by atoms with Gasteiger partial charge in [-0.2, -0.15) is 0 Å². The van der Waals surface area contributed by atoms with Crippen LogP contribution in [0, 0.1) is 17.6 Å². The van der Waals surface area contributed by atoms with Gasteiger partial charge in [-0.1, -0.05) is 30.3 Å². The molecular formula is C22H22F2N2O4. The highest BCUT2D eigenvalue weighted by Gasteiger charge is 2.38. The second-order valence-electron chi connectivity index (χ2n) is 7.23. The largest absolute Gasteiger partial charge is 0.452 e. The first-order chi connectivity index (χ1) is 14.3. The summed E-state index contributed by atoms with van der Waals surface area (Å²) in [7, 11) is 0. The molecule has 0 aliphatic carbocycles. The molecule has 1 N–H and O–H groups in total. The maximum atomic E-state index is 13.7. The number of rotatable bonds is 6. The average molecular weight is 416 g/mol. The topological polar surface area (TPSA) is 75.7 Å². The monoisotopic (exact) mass is 416 g/mol. The van der Waals surface area contributed by atoms with Crippen LogP contribution in [-0.2, 0) is 19.1 Å². The molecule has 3 rings (SSSR count). The Bertz CT molecular complexity index is 951. The fraction of sp³-hybridized carbons (Fsp3) is 0.318. The van der Waals surface area contributed by atoms with E-state index in [1.807, 2.05) is 37.3 Å². The van der Waals surface area contributed by atoms with Crippen molar-refractivity contribution in [1.29, 1.82) is 0 Å². The van der Waals surface area contributed by atoms with E-state index >= 15 is 0 Å². The van der Waals surface area contributed by atoms with E-state index in [1.54, 1.807) is 4.90 Å². The fourth-order valence-corrected chi connectivity index (χ4v) is 3.32. The molecule has 0 spiro atoms. The van der Waals surface area contributed by atoms with E-state index in [-0.39, 0.29) is 30.6 Å². The maximum Gasteiger partial charge on any atom is 0.312 e. The van der Waals surface area contributed by atoms with Crippen LogP contribution >= 0.6 is 0 Å². The van der Waals surface area contributed by atoms with E-state index < -0.39 is 35.5 Å². The van der Waals surface area contributed by atoms with Gasteiger partial charge in [0.15, 0.2) is 6.10 Å². The van der Waals surface area contributed by atoms with Crippen molar-refractivity contribution in [1.82, 2.24) is 4.90 Å². The van der Waals surface area contributed by atoms with Gasteiger partial charge < -0.3 is 15.0 Å². The van der Waals surface area contributed by atoms with Crippen LogP contribution in [-0.4, -0.2) is 35.3 Å². The number of halogens is 2. The summed E-state index contributed by atoms with van der Waals surface area (Å²) in [4.78, 5) is 38.7. The summed E-state index contributed by atoms with van der Waals surface area (Å²) in [5.41, 5.74) is 0.733. The lowest BCUT2D eigenvalue weighted by Crippen LogP contribution is -2.34. The lowest BCUT2D eigenvalue weighted by Gasteiger charge is -2.25. The zero-order valence-electron chi connectivity index (χ0n) is 16.6. The molecule has 0 unspecified atom stereocenters. The van der Waals surface area contributed by atoms with Gasteiger partial charge in [-0.25, -0.2) is 8.78 Å². The fourth-order valence-electron chi connectivity index (χ4n) is 3.32. The molecule has 2 aromatic rings. The van der Waals surface area contributed by atoms with Crippen LogP contribution in [0.3, 0.4) is 0 Å². The SMILES string of the molecule is C[C@H](OC(=O)[C@H]1CC(=O)N([C@H](C)c2ccccc2)C1)C(=O)Nc1ccc(F)cc1F. The predicted molar refractivity (Wildman–Crippen MR) is 105 cm³/mol. The summed E-state index contributed by atoms with van der Waals surface area (Å²) in [6.45, 7) is 3.42. The third-order valence-electron chi connectivity index (χ3n) is 5.09. The number of amides is 2. The number of anilines is 1. The number of carbonyl (C=O) groups excluding carboxylic acids is 3. The Morgan fingerprint density at radius 1 is 1.13 bits per heavy atom. The summed E-state index contributed by atoms with van der Waals surface area (Å²) >= 11 is 0. The first-order valence-corrected chi connectivity index (χ1v) is 9.57. The number of carbonyl (C=O) groups is 3. The van der Waals surface area contributed by atoms with Gasteiger partial charge in [0.2, 0.25) is 5.91 Å². The number of hydrogen-bond acceptors (Lipinski definition) is 4. The molecule has 6 nitrogen and oxygen atoms in total. The molecule has 0 bridgehead atoms. The minimum Gasteiger partial charge on any atom is -0.452 e. The molecule has 1 heterocycles. The molecule has 158 valence electrons. The second kappa shape index (κ2) is 9.02. The number of ether oxygens (including phenoxy) is 1. The molecule has 0 saturated carbocycles. The van der Waals surface area contributed by atoms with E-state index in [0.717, 1.165) is 17.7 Å². The minimum atomic E-state index is -1.21. The predicted octanol–water partition coefficient (Wildman–Crippen LogP) is 3.44. The molecule has 1 aliphatic heterocycles. The molecule has 2 aromatic carbocycles. The number of benzene rings is 2. The number of likely N-dealkylation sites (tertiary alicyclic amines) is 1. The smallest absolute Gasteiger partial charge is 0.312 e. The highest BCUT2D eigenvalue weighted by molar-refractivity contribution is 5.95. The Morgan fingerprint density at radius 3 is 2.50 bits per heavy atom. The Balaban J connectivity index is 1.57. The average Bonchev–Trinajstić information content (AvgIpc) is 3.11. The van der Waals surface area contributed by atoms with Crippen LogP contribution in [0.15, 0.2) is 48.5 Å². The highest BCUT2D eigenvalue weighted by Crippen LogP contribution is 2.29. The van der Waals surface area contributed by atoms with Crippen molar-refractivity contribution in [3.05, 3.63) is 65.7 Å². The Hall–Kier alpha value is -3.29. The van der Waals surface area contributed by atoms with Gasteiger partial charge in [0.05, 0.1) is 17.6 Å². The van der Waals surface area contributed by atoms with Crippen molar-refractivity contribution in [2.24, 2.45) is 5.92 Å². The van der Waals surface area contributed by atoms with Gasteiger partial charge in [-0.05, 0) is 31.5 Å². The lowest BCUT2D eigenvalue weighted by atomic mass is 10.1. The molecule has 2 amide bonds. The Labute approximate surface area is 172 Å². The standard InChI is InChI=1S/C22H22F2N2O4/c1-13(15-6-4-3-5-7-15)26-12-16(10-20(26)27)22(29)30-14(2)21(28)25-19-9-8-17(23)11-18(19)24/h3-9,11,13-14,16H,10,12H2,1-2H3,(H,25,28)/t13-,14+,16+/m1/s1. The van der Waals surface area contributed by atoms with Crippen molar-refractivity contribution in [3.63, 3.8) is 0 Å². The van der Waals surface area contributed by atoms with Crippen LogP contribution in [0.5, 0.6) is 0 Å². The van der Waals surface area contributed by atoms with E-state index in [4.69, 9.17) is 4.74 Å². The van der Waals surface area contributed by atoms with Crippen molar-refractivity contribution < 1.29 is 27.9 Å².